The SMILES string of the molecule is CC12C=CC(CC1)C(C=O)C2(C)C. The van der Waals surface area contributed by atoms with Crippen molar-refractivity contribution < 1.29 is 4.79 Å². The molecule has 0 spiro atoms. The molecule has 0 aliphatic heterocycles. The van der Waals surface area contributed by atoms with Crippen LogP contribution in [-0.2, 0) is 4.79 Å². The molecular formula is C12H18O. The minimum absolute atomic E-state index is 0.145. The number of aldehydes is 1. The van der Waals surface area contributed by atoms with E-state index in [9.17, 15) is 4.79 Å². The number of rotatable bonds is 1. The third-order valence-corrected chi connectivity index (χ3v) is 4.62. The van der Waals surface area contributed by atoms with Crippen LogP contribution in [0.1, 0.15) is 33.6 Å². The van der Waals surface area contributed by atoms with Crippen LogP contribution in [0.5, 0.6) is 0 Å². The van der Waals surface area contributed by atoms with E-state index >= 15 is 0 Å². The van der Waals surface area contributed by atoms with Gasteiger partial charge >= 0.3 is 0 Å². The Kier molecular flexibility index (Phi) is 1.70. The first kappa shape index (κ1) is 8.98. The van der Waals surface area contributed by atoms with Gasteiger partial charge in [0.25, 0.3) is 0 Å². The van der Waals surface area contributed by atoms with Gasteiger partial charge in [-0.05, 0) is 29.6 Å². The lowest BCUT2D eigenvalue weighted by molar-refractivity contribution is -0.123. The van der Waals surface area contributed by atoms with Gasteiger partial charge in [-0.15, -0.1) is 0 Å². The summed E-state index contributed by atoms with van der Waals surface area (Å²) < 4.78 is 0. The van der Waals surface area contributed by atoms with Crippen molar-refractivity contribution in [2.45, 2.75) is 33.6 Å². The monoisotopic (exact) mass is 178 g/mol. The van der Waals surface area contributed by atoms with Crippen molar-refractivity contribution in [3.8, 4) is 0 Å². The Morgan fingerprint density at radius 1 is 1.38 bits per heavy atom. The zero-order chi connectivity index (χ0) is 9.69. The first-order chi connectivity index (χ1) is 6.01. The van der Waals surface area contributed by atoms with Crippen LogP contribution in [0.25, 0.3) is 0 Å². The highest BCUT2D eigenvalue weighted by Crippen LogP contribution is 2.59. The van der Waals surface area contributed by atoms with Crippen molar-refractivity contribution >= 4 is 6.29 Å². The Morgan fingerprint density at radius 2 is 2.08 bits per heavy atom. The van der Waals surface area contributed by atoms with E-state index < -0.39 is 0 Å². The second-order valence-corrected chi connectivity index (χ2v) is 5.36. The molecule has 1 saturated carbocycles. The Morgan fingerprint density at radius 3 is 2.46 bits per heavy atom. The highest BCUT2D eigenvalue weighted by atomic mass is 16.1. The molecule has 3 rings (SSSR count). The highest BCUT2D eigenvalue weighted by molar-refractivity contribution is 5.58. The summed E-state index contributed by atoms with van der Waals surface area (Å²) in [5.74, 6) is 0.741. The summed E-state index contributed by atoms with van der Waals surface area (Å²) in [6.07, 6.45) is 8.20. The lowest BCUT2D eigenvalue weighted by atomic mass is 9.48. The first-order valence-corrected chi connectivity index (χ1v) is 5.16. The van der Waals surface area contributed by atoms with Gasteiger partial charge in [-0.25, -0.2) is 0 Å². The maximum atomic E-state index is 11.1. The maximum absolute atomic E-state index is 11.1. The van der Waals surface area contributed by atoms with Crippen molar-refractivity contribution in [1.29, 1.82) is 0 Å². The molecule has 0 aromatic carbocycles. The Labute approximate surface area is 80.2 Å². The summed E-state index contributed by atoms with van der Waals surface area (Å²) in [6, 6.07) is 0. The Hall–Kier alpha value is -0.590. The Balaban J connectivity index is 2.47. The van der Waals surface area contributed by atoms with Crippen LogP contribution in [0, 0.1) is 22.7 Å². The van der Waals surface area contributed by atoms with E-state index in [1.54, 1.807) is 0 Å². The third-order valence-electron chi connectivity index (χ3n) is 4.62. The summed E-state index contributed by atoms with van der Waals surface area (Å²) in [5, 5.41) is 0. The number of allylic oxidation sites excluding steroid dienone is 2. The fourth-order valence-corrected chi connectivity index (χ4v) is 3.01. The summed E-state index contributed by atoms with van der Waals surface area (Å²) in [6.45, 7) is 6.76. The van der Waals surface area contributed by atoms with Crippen molar-refractivity contribution in [1.82, 2.24) is 0 Å². The molecule has 0 aromatic rings. The van der Waals surface area contributed by atoms with Gasteiger partial charge in [-0.1, -0.05) is 32.9 Å². The van der Waals surface area contributed by atoms with Crippen LogP contribution in [-0.4, -0.2) is 6.29 Å². The fraction of sp³-hybridized carbons (Fsp3) is 0.750. The number of fused-ring (bicyclic) bond motifs is 2. The van der Waals surface area contributed by atoms with Crippen LogP contribution in [0.15, 0.2) is 12.2 Å². The quantitative estimate of drug-likeness (QED) is 0.446. The molecule has 0 amide bonds. The Bertz CT molecular complexity index is 264. The van der Waals surface area contributed by atoms with E-state index in [0.29, 0.717) is 5.92 Å². The van der Waals surface area contributed by atoms with E-state index in [1.807, 2.05) is 0 Å². The normalized spacial score (nSPS) is 46.4. The van der Waals surface area contributed by atoms with E-state index in [2.05, 4.69) is 32.9 Å². The number of carbonyl (C=O) groups is 1. The van der Waals surface area contributed by atoms with Gasteiger partial charge in [-0.2, -0.15) is 0 Å². The maximum Gasteiger partial charge on any atom is 0.124 e. The predicted molar refractivity (Wildman–Crippen MR) is 53.3 cm³/mol. The van der Waals surface area contributed by atoms with Crippen LogP contribution < -0.4 is 0 Å². The topological polar surface area (TPSA) is 17.1 Å². The van der Waals surface area contributed by atoms with Gasteiger partial charge in [0.15, 0.2) is 0 Å². The standard InChI is InChI=1S/C12H18O/c1-11(2)10(8-13)9-4-6-12(11,3)7-5-9/h4,6,8-10H,5,7H2,1-3H3. The number of carbonyl (C=O) groups excluding carboxylic acids is 1. The number of hydrogen-bond donors (Lipinski definition) is 0. The van der Waals surface area contributed by atoms with Crippen LogP contribution in [0.3, 0.4) is 0 Å². The average Bonchev–Trinajstić information content (AvgIpc) is 2.07. The van der Waals surface area contributed by atoms with Gasteiger partial charge in [0.2, 0.25) is 0 Å². The first-order valence-electron chi connectivity index (χ1n) is 5.16. The van der Waals surface area contributed by atoms with E-state index in [-0.39, 0.29) is 16.7 Å². The van der Waals surface area contributed by atoms with Crippen LogP contribution in [0.4, 0.5) is 0 Å². The zero-order valence-corrected chi connectivity index (χ0v) is 8.71. The molecule has 72 valence electrons. The molecule has 3 unspecified atom stereocenters. The average molecular weight is 178 g/mol. The zero-order valence-electron chi connectivity index (χ0n) is 8.71. The molecule has 1 fully saturated rings. The minimum Gasteiger partial charge on any atom is -0.303 e. The molecule has 0 heterocycles. The molecule has 0 N–H and O–H groups in total. The van der Waals surface area contributed by atoms with E-state index in [1.165, 1.54) is 19.1 Å². The summed E-state index contributed by atoms with van der Waals surface area (Å²) in [4.78, 5) is 11.1. The van der Waals surface area contributed by atoms with E-state index in [4.69, 9.17) is 0 Å². The second kappa shape index (κ2) is 2.46. The van der Waals surface area contributed by atoms with Gasteiger partial charge < -0.3 is 4.79 Å². The van der Waals surface area contributed by atoms with Crippen molar-refractivity contribution in [2.75, 3.05) is 0 Å². The molecule has 1 nitrogen and oxygen atoms in total. The van der Waals surface area contributed by atoms with Crippen LogP contribution >= 0.6 is 0 Å². The smallest absolute Gasteiger partial charge is 0.124 e. The van der Waals surface area contributed by atoms with Crippen LogP contribution in [0.2, 0.25) is 0 Å². The summed E-state index contributed by atoms with van der Waals surface area (Å²) in [7, 11) is 0. The lowest BCUT2D eigenvalue weighted by Gasteiger charge is -2.55. The molecule has 2 bridgehead atoms. The number of hydrogen-bond acceptors (Lipinski definition) is 1. The predicted octanol–water partition coefficient (Wildman–Crippen LogP) is 2.81. The molecule has 0 saturated heterocycles. The molecule has 3 aliphatic rings. The van der Waals surface area contributed by atoms with Crippen molar-refractivity contribution in [3.05, 3.63) is 12.2 Å². The molecule has 1 heteroatoms. The van der Waals surface area contributed by atoms with Crippen molar-refractivity contribution in [3.63, 3.8) is 0 Å². The fourth-order valence-electron chi connectivity index (χ4n) is 3.01. The summed E-state index contributed by atoms with van der Waals surface area (Å²) in [5.41, 5.74) is 0.389. The highest BCUT2D eigenvalue weighted by Gasteiger charge is 2.52. The molecule has 3 aliphatic carbocycles. The van der Waals surface area contributed by atoms with Gasteiger partial charge in [0, 0.05) is 5.92 Å². The minimum atomic E-state index is 0.145. The summed E-state index contributed by atoms with van der Waals surface area (Å²) >= 11 is 0. The molecule has 0 radical (unpaired) electrons. The largest absolute Gasteiger partial charge is 0.303 e. The van der Waals surface area contributed by atoms with E-state index in [0.717, 1.165) is 0 Å². The second-order valence-electron chi connectivity index (χ2n) is 5.36. The van der Waals surface area contributed by atoms with Gasteiger partial charge in [-0.3, -0.25) is 0 Å². The van der Waals surface area contributed by atoms with Crippen molar-refractivity contribution in [2.24, 2.45) is 22.7 Å². The molecule has 13 heavy (non-hydrogen) atoms. The molecule has 0 aromatic heterocycles. The molecule has 3 atom stereocenters. The molecular weight excluding hydrogens is 160 g/mol. The third kappa shape index (κ3) is 0.962. The van der Waals surface area contributed by atoms with Gasteiger partial charge in [0.1, 0.15) is 6.29 Å². The van der Waals surface area contributed by atoms with Gasteiger partial charge in [0.05, 0.1) is 0 Å². The lowest BCUT2D eigenvalue weighted by Crippen LogP contribution is -2.50.